The van der Waals surface area contributed by atoms with Gasteiger partial charge < -0.3 is 4.90 Å². The molecule has 3 rings (SSSR count). The van der Waals surface area contributed by atoms with Crippen LogP contribution in [0, 0.1) is 11.7 Å². The van der Waals surface area contributed by atoms with Crippen LogP contribution in [0.1, 0.15) is 50.8 Å². The fourth-order valence-electron chi connectivity index (χ4n) is 3.55. The highest BCUT2D eigenvalue weighted by atomic mass is 19.1. The van der Waals surface area contributed by atoms with Gasteiger partial charge in [-0.05, 0) is 55.4 Å². The fraction of sp³-hybridized carbons (Fsp3) is 0.632. The second-order valence-electron chi connectivity index (χ2n) is 7.41. The summed E-state index contributed by atoms with van der Waals surface area (Å²) in [6.45, 7) is 8.55. The van der Waals surface area contributed by atoms with Crippen molar-refractivity contribution in [2.75, 3.05) is 19.6 Å². The molecule has 1 aromatic carbocycles. The van der Waals surface area contributed by atoms with Crippen LogP contribution in [0.3, 0.4) is 0 Å². The van der Waals surface area contributed by atoms with Crippen LogP contribution in [0.25, 0.3) is 0 Å². The number of amides is 1. The van der Waals surface area contributed by atoms with Crippen LogP contribution in [0.4, 0.5) is 4.39 Å². The van der Waals surface area contributed by atoms with Gasteiger partial charge in [-0.1, -0.05) is 19.9 Å². The molecule has 1 saturated carbocycles. The van der Waals surface area contributed by atoms with E-state index in [0.29, 0.717) is 18.5 Å². The lowest BCUT2D eigenvalue weighted by Gasteiger charge is -2.36. The first-order chi connectivity index (χ1) is 11.0. The molecule has 0 spiro atoms. The molecule has 1 aliphatic heterocycles. The zero-order valence-corrected chi connectivity index (χ0v) is 14.4. The molecule has 23 heavy (non-hydrogen) atoms. The molecule has 0 bridgehead atoms. The predicted octanol–water partition coefficient (Wildman–Crippen LogP) is 3.39. The van der Waals surface area contributed by atoms with Gasteiger partial charge in [0.1, 0.15) is 5.82 Å². The maximum Gasteiger partial charge on any atom is 0.237 e. The minimum Gasteiger partial charge on any atom is -0.338 e. The second-order valence-corrected chi connectivity index (χ2v) is 7.41. The first-order valence-electron chi connectivity index (χ1n) is 8.77. The molecule has 1 aromatic rings. The maximum atomic E-state index is 13.5. The average Bonchev–Trinajstić information content (AvgIpc) is 3.32. The standard InChI is InChI=1S/C19H27FN2O/c1-13(2)11-22(17-6-7-17)19(23)12-21-9-8-15-4-5-16(20)10-18(15)14(21)3/h4-5,10,13-14,17H,6-9,11-12H2,1-3H3. The van der Waals surface area contributed by atoms with Crippen molar-refractivity contribution in [1.29, 1.82) is 0 Å². The monoisotopic (exact) mass is 318 g/mol. The molecule has 1 amide bonds. The van der Waals surface area contributed by atoms with E-state index in [1.807, 2.05) is 6.07 Å². The number of halogens is 1. The van der Waals surface area contributed by atoms with Crippen molar-refractivity contribution in [1.82, 2.24) is 9.80 Å². The maximum absolute atomic E-state index is 13.5. The van der Waals surface area contributed by atoms with Gasteiger partial charge in [-0.2, -0.15) is 0 Å². The molecule has 1 atom stereocenters. The fourth-order valence-corrected chi connectivity index (χ4v) is 3.55. The zero-order valence-electron chi connectivity index (χ0n) is 14.4. The Hall–Kier alpha value is -1.42. The summed E-state index contributed by atoms with van der Waals surface area (Å²) in [6, 6.07) is 5.59. The summed E-state index contributed by atoms with van der Waals surface area (Å²) < 4.78 is 13.5. The van der Waals surface area contributed by atoms with Gasteiger partial charge in [0.15, 0.2) is 0 Å². The number of fused-ring (bicyclic) bond motifs is 1. The Morgan fingerprint density at radius 3 is 2.78 bits per heavy atom. The minimum absolute atomic E-state index is 0.0958. The van der Waals surface area contributed by atoms with E-state index in [1.54, 1.807) is 6.07 Å². The lowest BCUT2D eigenvalue weighted by molar-refractivity contribution is -0.134. The molecule has 4 heteroatoms. The van der Waals surface area contributed by atoms with E-state index in [1.165, 1.54) is 11.6 Å². The van der Waals surface area contributed by atoms with Crippen molar-refractivity contribution < 1.29 is 9.18 Å². The van der Waals surface area contributed by atoms with Gasteiger partial charge in [-0.15, -0.1) is 0 Å². The number of benzene rings is 1. The first kappa shape index (κ1) is 16.4. The van der Waals surface area contributed by atoms with E-state index >= 15 is 0 Å². The molecule has 2 aliphatic rings. The largest absolute Gasteiger partial charge is 0.338 e. The third-order valence-corrected chi connectivity index (χ3v) is 4.98. The Labute approximate surface area is 138 Å². The Bertz CT molecular complexity index is 583. The van der Waals surface area contributed by atoms with E-state index in [0.717, 1.165) is 37.9 Å². The van der Waals surface area contributed by atoms with Gasteiger partial charge in [0, 0.05) is 25.2 Å². The number of hydrogen-bond donors (Lipinski definition) is 0. The summed E-state index contributed by atoms with van der Waals surface area (Å²) >= 11 is 0. The predicted molar refractivity (Wildman–Crippen MR) is 89.7 cm³/mol. The molecule has 1 fully saturated rings. The Morgan fingerprint density at radius 2 is 2.13 bits per heavy atom. The van der Waals surface area contributed by atoms with E-state index < -0.39 is 0 Å². The van der Waals surface area contributed by atoms with E-state index in [-0.39, 0.29) is 17.8 Å². The summed E-state index contributed by atoms with van der Waals surface area (Å²) in [7, 11) is 0. The SMILES string of the molecule is CC(C)CN(C(=O)CN1CCc2ccc(F)cc2C1C)C1CC1. The Morgan fingerprint density at radius 1 is 1.39 bits per heavy atom. The van der Waals surface area contributed by atoms with Gasteiger partial charge in [-0.25, -0.2) is 4.39 Å². The quantitative estimate of drug-likeness (QED) is 0.831. The second kappa shape index (κ2) is 6.60. The highest BCUT2D eigenvalue weighted by Gasteiger charge is 2.34. The Kier molecular flexibility index (Phi) is 4.72. The topological polar surface area (TPSA) is 23.6 Å². The molecule has 0 N–H and O–H groups in total. The molecular weight excluding hydrogens is 291 g/mol. The lowest BCUT2D eigenvalue weighted by atomic mass is 9.93. The third-order valence-electron chi connectivity index (χ3n) is 4.98. The van der Waals surface area contributed by atoms with Crippen molar-refractivity contribution in [3.05, 3.63) is 35.1 Å². The number of nitrogens with zero attached hydrogens (tertiary/aromatic N) is 2. The van der Waals surface area contributed by atoms with Crippen molar-refractivity contribution in [2.45, 2.75) is 52.1 Å². The van der Waals surface area contributed by atoms with Gasteiger partial charge in [0.05, 0.1) is 6.54 Å². The van der Waals surface area contributed by atoms with Crippen molar-refractivity contribution >= 4 is 5.91 Å². The highest BCUT2D eigenvalue weighted by Crippen LogP contribution is 2.31. The summed E-state index contributed by atoms with van der Waals surface area (Å²) in [5, 5.41) is 0. The first-order valence-corrected chi connectivity index (χ1v) is 8.77. The van der Waals surface area contributed by atoms with Gasteiger partial charge in [-0.3, -0.25) is 9.69 Å². The molecular formula is C19H27FN2O. The smallest absolute Gasteiger partial charge is 0.237 e. The van der Waals surface area contributed by atoms with Crippen LogP contribution in [-0.4, -0.2) is 41.4 Å². The molecule has 0 aromatic heterocycles. The van der Waals surface area contributed by atoms with Crippen LogP contribution >= 0.6 is 0 Å². The molecule has 0 radical (unpaired) electrons. The van der Waals surface area contributed by atoms with Crippen LogP contribution in [-0.2, 0) is 11.2 Å². The van der Waals surface area contributed by atoms with Gasteiger partial charge >= 0.3 is 0 Å². The molecule has 126 valence electrons. The van der Waals surface area contributed by atoms with Gasteiger partial charge in [0.2, 0.25) is 5.91 Å². The molecule has 1 heterocycles. The number of carbonyl (C=O) groups excluding carboxylic acids is 1. The summed E-state index contributed by atoms with van der Waals surface area (Å²) in [6.07, 6.45) is 3.17. The summed E-state index contributed by atoms with van der Waals surface area (Å²) in [5.74, 6) is 0.532. The highest BCUT2D eigenvalue weighted by molar-refractivity contribution is 5.79. The zero-order chi connectivity index (χ0) is 16.6. The summed E-state index contributed by atoms with van der Waals surface area (Å²) in [5.41, 5.74) is 2.25. The van der Waals surface area contributed by atoms with Gasteiger partial charge in [0.25, 0.3) is 0 Å². The molecule has 3 nitrogen and oxygen atoms in total. The number of carbonyl (C=O) groups is 1. The van der Waals surface area contributed by atoms with Crippen molar-refractivity contribution in [3.8, 4) is 0 Å². The van der Waals surface area contributed by atoms with E-state index in [9.17, 15) is 9.18 Å². The van der Waals surface area contributed by atoms with E-state index in [2.05, 4.69) is 30.6 Å². The van der Waals surface area contributed by atoms with E-state index in [4.69, 9.17) is 0 Å². The van der Waals surface area contributed by atoms with Crippen LogP contribution in [0.2, 0.25) is 0 Å². The van der Waals surface area contributed by atoms with Crippen LogP contribution in [0.5, 0.6) is 0 Å². The molecule has 1 unspecified atom stereocenters. The number of hydrogen-bond acceptors (Lipinski definition) is 2. The van der Waals surface area contributed by atoms with Crippen molar-refractivity contribution in [3.63, 3.8) is 0 Å². The molecule has 0 saturated heterocycles. The lowest BCUT2D eigenvalue weighted by Crippen LogP contribution is -2.45. The third kappa shape index (κ3) is 3.74. The van der Waals surface area contributed by atoms with Crippen molar-refractivity contribution in [2.24, 2.45) is 5.92 Å². The minimum atomic E-state index is -0.191. The number of rotatable bonds is 5. The average molecular weight is 318 g/mol. The van der Waals surface area contributed by atoms with Crippen LogP contribution in [0.15, 0.2) is 18.2 Å². The van der Waals surface area contributed by atoms with Crippen LogP contribution < -0.4 is 0 Å². The Balaban J connectivity index is 1.69. The normalized spacial score (nSPS) is 21.3. The summed E-state index contributed by atoms with van der Waals surface area (Å²) in [4.78, 5) is 17.0. The molecule has 1 aliphatic carbocycles.